The van der Waals surface area contributed by atoms with Gasteiger partial charge in [-0.05, 0) is 32.9 Å². The molecule has 1 amide bonds. The molecule has 0 fully saturated rings. The SMILES string of the molecule is CC(C)(C)OC(=O)NCc1ccc(S(C)(=O)=O)cn1. The van der Waals surface area contributed by atoms with Crippen molar-refractivity contribution in [1.82, 2.24) is 10.3 Å². The predicted molar refractivity (Wildman–Crippen MR) is 70.4 cm³/mol. The van der Waals surface area contributed by atoms with Gasteiger partial charge in [-0.25, -0.2) is 13.2 Å². The van der Waals surface area contributed by atoms with Gasteiger partial charge in [-0.3, -0.25) is 4.98 Å². The van der Waals surface area contributed by atoms with Gasteiger partial charge >= 0.3 is 6.09 Å². The normalized spacial score (nSPS) is 12.0. The summed E-state index contributed by atoms with van der Waals surface area (Å²) >= 11 is 0. The number of hydrogen-bond donors (Lipinski definition) is 1. The van der Waals surface area contributed by atoms with Crippen LogP contribution in [0.3, 0.4) is 0 Å². The Labute approximate surface area is 113 Å². The molecule has 1 N–H and O–H groups in total. The van der Waals surface area contributed by atoms with Crippen molar-refractivity contribution in [3.63, 3.8) is 0 Å². The molecule has 1 heterocycles. The zero-order chi connectivity index (χ0) is 14.7. The van der Waals surface area contributed by atoms with Crippen LogP contribution >= 0.6 is 0 Å². The first-order valence-electron chi connectivity index (χ1n) is 5.70. The summed E-state index contributed by atoms with van der Waals surface area (Å²) in [5.41, 5.74) is -0.00393. The molecule has 0 aromatic carbocycles. The molecular formula is C12H18N2O4S. The van der Waals surface area contributed by atoms with Gasteiger partial charge in [-0.1, -0.05) is 0 Å². The average molecular weight is 286 g/mol. The summed E-state index contributed by atoms with van der Waals surface area (Å²) in [6.07, 6.45) is 1.84. The first kappa shape index (κ1) is 15.4. The van der Waals surface area contributed by atoms with Crippen LogP contribution in [0.2, 0.25) is 0 Å². The number of carbonyl (C=O) groups excluding carboxylic acids is 1. The zero-order valence-corrected chi connectivity index (χ0v) is 12.2. The highest BCUT2D eigenvalue weighted by atomic mass is 32.2. The third kappa shape index (κ3) is 5.69. The largest absolute Gasteiger partial charge is 0.444 e. The molecule has 1 rings (SSSR count). The van der Waals surface area contributed by atoms with E-state index >= 15 is 0 Å². The molecule has 6 nitrogen and oxygen atoms in total. The molecule has 0 saturated carbocycles. The van der Waals surface area contributed by atoms with Gasteiger partial charge in [0.1, 0.15) is 5.60 Å². The van der Waals surface area contributed by atoms with E-state index in [4.69, 9.17) is 4.74 Å². The van der Waals surface area contributed by atoms with E-state index in [0.29, 0.717) is 5.69 Å². The van der Waals surface area contributed by atoms with E-state index in [0.717, 1.165) is 6.26 Å². The molecule has 19 heavy (non-hydrogen) atoms. The molecule has 0 aliphatic heterocycles. The Morgan fingerprint density at radius 2 is 2.00 bits per heavy atom. The molecule has 0 unspecified atom stereocenters. The summed E-state index contributed by atoms with van der Waals surface area (Å²) in [4.78, 5) is 15.5. The number of sulfone groups is 1. The van der Waals surface area contributed by atoms with Crippen LogP contribution in [0.1, 0.15) is 26.5 Å². The topological polar surface area (TPSA) is 85.4 Å². The predicted octanol–water partition coefficient (Wildman–Crippen LogP) is 1.51. The van der Waals surface area contributed by atoms with Crippen molar-refractivity contribution >= 4 is 15.9 Å². The smallest absolute Gasteiger partial charge is 0.407 e. The van der Waals surface area contributed by atoms with E-state index in [2.05, 4.69) is 10.3 Å². The number of rotatable bonds is 3. The fourth-order valence-corrected chi connectivity index (χ4v) is 1.77. The average Bonchev–Trinajstić information content (AvgIpc) is 2.23. The van der Waals surface area contributed by atoms with Crippen LogP contribution in [-0.4, -0.2) is 31.4 Å². The van der Waals surface area contributed by atoms with E-state index in [1.54, 1.807) is 26.8 Å². The Morgan fingerprint density at radius 3 is 2.42 bits per heavy atom. The molecule has 0 radical (unpaired) electrons. The summed E-state index contributed by atoms with van der Waals surface area (Å²) in [5, 5.41) is 2.54. The zero-order valence-electron chi connectivity index (χ0n) is 11.4. The second kappa shape index (κ2) is 5.56. The van der Waals surface area contributed by atoms with Crippen molar-refractivity contribution < 1.29 is 17.9 Å². The monoisotopic (exact) mass is 286 g/mol. The van der Waals surface area contributed by atoms with E-state index in [1.165, 1.54) is 12.3 Å². The van der Waals surface area contributed by atoms with Crippen LogP contribution in [0, 0.1) is 0 Å². The number of ether oxygens (including phenoxy) is 1. The van der Waals surface area contributed by atoms with Gasteiger partial charge in [-0.15, -0.1) is 0 Å². The molecule has 0 saturated heterocycles. The number of alkyl carbamates (subject to hydrolysis) is 1. The highest BCUT2D eigenvalue weighted by Crippen LogP contribution is 2.08. The van der Waals surface area contributed by atoms with Gasteiger partial charge in [0.05, 0.1) is 17.1 Å². The Morgan fingerprint density at radius 1 is 1.37 bits per heavy atom. The molecule has 0 aliphatic carbocycles. The number of aromatic nitrogens is 1. The highest BCUT2D eigenvalue weighted by Gasteiger charge is 2.15. The minimum Gasteiger partial charge on any atom is -0.444 e. The summed E-state index contributed by atoms with van der Waals surface area (Å²) in [6.45, 7) is 5.49. The summed E-state index contributed by atoms with van der Waals surface area (Å²) in [5.74, 6) is 0. The van der Waals surface area contributed by atoms with Gasteiger partial charge in [0.2, 0.25) is 0 Å². The quantitative estimate of drug-likeness (QED) is 0.910. The lowest BCUT2D eigenvalue weighted by atomic mass is 10.2. The Hall–Kier alpha value is -1.63. The van der Waals surface area contributed by atoms with Crippen LogP contribution in [0.5, 0.6) is 0 Å². The number of nitrogens with one attached hydrogen (secondary N) is 1. The minimum atomic E-state index is -3.25. The van der Waals surface area contributed by atoms with Crippen molar-refractivity contribution in [2.75, 3.05) is 6.26 Å². The van der Waals surface area contributed by atoms with Crippen LogP contribution in [0.4, 0.5) is 4.79 Å². The third-order valence-corrected chi connectivity index (χ3v) is 3.14. The number of carbonyl (C=O) groups is 1. The second-order valence-corrected chi connectivity index (χ2v) is 7.13. The maximum absolute atomic E-state index is 11.4. The maximum Gasteiger partial charge on any atom is 0.407 e. The van der Waals surface area contributed by atoms with Crippen LogP contribution in [-0.2, 0) is 21.1 Å². The molecule has 1 aromatic rings. The van der Waals surface area contributed by atoms with E-state index in [-0.39, 0.29) is 11.4 Å². The fourth-order valence-electron chi connectivity index (χ4n) is 1.21. The Kier molecular flexibility index (Phi) is 4.52. The van der Waals surface area contributed by atoms with Gasteiger partial charge < -0.3 is 10.1 Å². The van der Waals surface area contributed by atoms with Crippen molar-refractivity contribution in [2.45, 2.75) is 37.8 Å². The molecule has 7 heteroatoms. The first-order valence-corrected chi connectivity index (χ1v) is 7.59. The highest BCUT2D eigenvalue weighted by molar-refractivity contribution is 7.90. The standard InChI is InChI=1S/C12H18N2O4S/c1-12(2,3)18-11(15)14-7-9-5-6-10(8-13-9)19(4,16)17/h5-6,8H,7H2,1-4H3,(H,14,15). The lowest BCUT2D eigenvalue weighted by Gasteiger charge is -2.19. The van der Waals surface area contributed by atoms with Crippen molar-refractivity contribution in [1.29, 1.82) is 0 Å². The molecule has 0 aliphatic rings. The van der Waals surface area contributed by atoms with Gasteiger partial charge in [-0.2, -0.15) is 0 Å². The molecule has 0 bridgehead atoms. The Bertz CT molecular complexity index is 544. The molecular weight excluding hydrogens is 268 g/mol. The van der Waals surface area contributed by atoms with Crippen molar-refractivity contribution in [3.05, 3.63) is 24.0 Å². The first-order chi connectivity index (χ1) is 8.58. The van der Waals surface area contributed by atoms with Gasteiger partial charge in [0, 0.05) is 12.5 Å². The van der Waals surface area contributed by atoms with Gasteiger partial charge in [0.25, 0.3) is 0 Å². The molecule has 0 spiro atoms. The molecule has 106 valence electrons. The number of hydrogen-bond acceptors (Lipinski definition) is 5. The minimum absolute atomic E-state index is 0.147. The van der Waals surface area contributed by atoms with Crippen molar-refractivity contribution in [2.24, 2.45) is 0 Å². The number of nitrogens with zero attached hydrogens (tertiary/aromatic N) is 1. The lowest BCUT2D eigenvalue weighted by molar-refractivity contribution is 0.0523. The fraction of sp³-hybridized carbons (Fsp3) is 0.500. The van der Waals surface area contributed by atoms with Crippen LogP contribution < -0.4 is 5.32 Å². The Balaban J connectivity index is 2.58. The van der Waals surface area contributed by atoms with E-state index < -0.39 is 21.5 Å². The van der Waals surface area contributed by atoms with Crippen molar-refractivity contribution in [3.8, 4) is 0 Å². The molecule has 0 atom stereocenters. The van der Waals surface area contributed by atoms with Crippen LogP contribution in [0.15, 0.2) is 23.2 Å². The molecule has 1 aromatic heterocycles. The second-order valence-electron chi connectivity index (χ2n) is 5.11. The number of amides is 1. The lowest BCUT2D eigenvalue weighted by Crippen LogP contribution is -2.32. The van der Waals surface area contributed by atoms with Crippen LogP contribution in [0.25, 0.3) is 0 Å². The van der Waals surface area contributed by atoms with E-state index in [9.17, 15) is 13.2 Å². The summed E-state index contributed by atoms with van der Waals surface area (Å²) < 4.78 is 27.5. The maximum atomic E-state index is 11.4. The van der Waals surface area contributed by atoms with E-state index in [1.807, 2.05) is 0 Å². The van der Waals surface area contributed by atoms with Gasteiger partial charge in [0.15, 0.2) is 9.84 Å². The summed E-state index contributed by atoms with van der Waals surface area (Å²) in [7, 11) is -3.25. The summed E-state index contributed by atoms with van der Waals surface area (Å²) in [6, 6.07) is 3.00. The third-order valence-electron chi connectivity index (χ3n) is 2.04. The number of pyridine rings is 1.